The van der Waals surface area contributed by atoms with Crippen molar-refractivity contribution in [1.82, 2.24) is 9.88 Å². The van der Waals surface area contributed by atoms with Crippen LogP contribution in [0.15, 0.2) is 48.8 Å². The van der Waals surface area contributed by atoms with Crippen molar-refractivity contribution in [3.05, 3.63) is 65.7 Å². The summed E-state index contributed by atoms with van der Waals surface area (Å²) in [5, 5.41) is 0.00977. The van der Waals surface area contributed by atoms with Gasteiger partial charge in [0.15, 0.2) is 0 Å². The van der Waals surface area contributed by atoms with Crippen LogP contribution in [-0.4, -0.2) is 21.5 Å². The summed E-state index contributed by atoms with van der Waals surface area (Å²) in [5.74, 6) is 0.330. The van der Waals surface area contributed by atoms with E-state index < -0.39 is 0 Å². The van der Waals surface area contributed by atoms with Crippen LogP contribution in [-0.2, 0) is 11.3 Å². The zero-order chi connectivity index (χ0) is 13.9. The summed E-state index contributed by atoms with van der Waals surface area (Å²) in [4.78, 5) is 17.9. The Morgan fingerprint density at radius 3 is 2.60 bits per heavy atom. The van der Waals surface area contributed by atoms with Crippen molar-refractivity contribution < 1.29 is 9.18 Å². The Morgan fingerprint density at radius 1 is 1.20 bits per heavy atom. The highest BCUT2D eigenvalue weighted by Gasteiger charge is 2.32. The van der Waals surface area contributed by atoms with Gasteiger partial charge in [-0.25, -0.2) is 4.39 Å². The van der Waals surface area contributed by atoms with Gasteiger partial charge in [0, 0.05) is 18.9 Å². The van der Waals surface area contributed by atoms with Crippen LogP contribution in [0.4, 0.5) is 4.39 Å². The number of hydrogen-bond acceptors (Lipinski definition) is 3. The van der Waals surface area contributed by atoms with Crippen LogP contribution in [0.25, 0.3) is 0 Å². The molecule has 5 heteroatoms. The molecule has 3 rings (SSSR count). The average Bonchev–Trinajstić information content (AvgIpc) is 2.84. The molecule has 0 saturated carbocycles. The lowest BCUT2D eigenvalue weighted by Gasteiger charge is -2.24. The SMILES string of the molecule is O=C1CS[C@@H](c2ccncc2)N1Cc1ccc(F)cc1. The summed E-state index contributed by atoms with van der Waals surface area (Å²) in [5.41, 5.74) is 2.00. The van der Waals surface area contributed by atoms with Gasteiger partial charge in [-0.2, -0.15) is 0 Å². The molecule has 102 valence electrons. The highest BCUT2D eigenvalue weighted by Crippen LogP contribution is 2.39. The van der Waals surface area contributed by atoms with Gasteiger partial charge in [0.1, 0.15) is 11.2 Å². The number of thioether (sulfide) groups is 1. The van der Waals surface area contributed by atoms with Crippen LogP contribution in [0.2, 0.25) is 0 Å². The number of pyridine rings is 1. The molecular weight excluding hydrogens is 275 g/mol. The standard InChI is InChI=1S/C15H13FN2OS/c16-13-3-1-11(2-4-13)9-18-14(19)10-20-15(18)12-5-7-17-8-6-12/h1-8,15H,9-10H2/t15-/m0/s1. The van der Waals surface area contributed by atoms with Crippen molar-refractivity contribution in [1.29, 1.82) is 0 Å². The fraction of sp³-hybridized carbons (Fsp3) is 0.200. The summed E-state index contributed by atoms with van der Waals surface area (Å²) in [6, 6.07) is 10.1. The lowest BCUT2D eigenvalue weighted by atomic mass is 10.2. The molecule has 0 unspecified atom stereocenters. The smallest absolute Gasteiger partial charge is 0.234 e. The zero-order valence-electron chi connectivity index (χ0n) is 10.7. The normalized spacial score (nSPS) is 18.6. The van der Waals surface area contributed by atoms with E-state index in [4.69, 9.17) is 0 Å². The van der Waals surface area contributed by atoms with E-state index in [0.29, 0.717) is 12.3 Å². The van der Waals surface area contributed by atoms with Crippen molar-refractivity contribution in [3.63, 3.8) is 0 Å². The van der Waals surface area contributed by atoms with E-state index >= 15 is 0 Å². The van der Waals surface area contributed by atoms with Gasteiger partial charge in [-0.1, -0.05) is 12.1 Å². The maximum absolute atomic E-state index is 12.9. The largest absolute Gasteiger partial charge is 0.322 e. The van der Waals surface area contributed by atoms with Gasteiger partial charge in [-0.15, -0.1) is 11.8 Å². The van der Waals surface area contributed by atoms with Crippen LogP contribution in [0, 0.1) is 5.82 Å². The Morgan fingerprint density at radius 2 is 1.90 bits per heavy atom. The number of carbonyl (C=O) groups is 1. The van der Waals surface area contributed by atoms with Gasteiger partial charge in [-0.3, -0.25) is 9.78 Å². The van der Waals surface area contributed by atoms with Crippen LogP contribution in [0.3, 0.4) is 0 Å². The predicted octanol–water partition coefficient (Wildman–Crippen LogP) is 2.99. The molecule has 0 spiro atoms. The lowest BCUT2D eigenvalue weighted by molar-refractivity contribution is -0.128. The van der Waals surface area contributed by atoms with E-state index in [1.165, 1.54) is 12.1 Å². The molecule has 0 bridgehead atoms. The lowest BCUT2D eigenvalue weighted by Crippen LogP contribution is -2.27. The summed E-state index contributed by atoms with van der Waals surface area (Å²) in [6.07, 6.45) is 3.46. The second-order valence-corrected chi connectivity index (χ2v) is 5.66. The molecule has 2 aromatic rings. The summed E-state index contributed by atoms with van der Waals surface area (Å²) in [7, 11) is 0. The van der Waals surface area contributed by atoms with Crippen LogP contribution in [0.5, 0.6) is 0 Å². The average molecular weight is 288 g/mol. The van der Waals surface area contributed by atoms with Crippen molar-refractivity contribution in [2.24, 2.45) is 0 Å². The van der Waals surface area contributed by atoms with Crippen molar-refractivity contribution >= 4 is 17.7 Å². The molecule has 0 aliphatic carbocycles. The topological polar surface area (TPSA) is 33.2 Å². The predicted molar refractivity (Wildman–Crippen MR) is 76.4 cm³/mol. The number of amides is 1. The second-order valence-electron chi connectivity index (χ2n) is 4.59. The molecule has 20 heavy (non-hydrogen) atoms. The number of benzene rings is 1. The van der Waals surface area contributed by atoms with E-state index in [-0.39, 0.29) is 17.1 Å². The maximum atomic E-state index is 12.9. The summed E-state index contributed by atoms with van der Waals surface area (Å²) >= 11 is 1.61. The van der Waals surface area contributed by atoms with E-state index in [2.05, 4.69) is 4.98 Å². The minimum absolute atomic E-state index is 0.00977. The van der Waals surface area contributed by atoms with Crippen molar-refractivity contribution in [2.75, 3.05) is 5.75 Å². The van der Waals surface area contributed by atoms with Gasteiger partial charge >= 0.3 is 0 Å². The molecule has 1 saturated heterocycles. The molecule has 1 amide bonds. The Hall–Kier alpha value is -1.88. The van der Waals surface area contributed by atoms with Crippen LogP contribution in [0.1, 0.15) is 16.5 Å². The third-order valence-corrected chi connectivity index (χ3v) is 4.48. The molecule has 0 radical (unpaired) electrons. The van der Waals surface area contributed by atoms with E-state index in [1.54, 1.807) is 36.3 Å². The molecule has 1 atom stereocenters. The fourth-order valence-electron chi connectivity index (χ4n) is 2.22. The summed E-state index contributed by atoms with van der Waals surface area (Å²) in [6.45, 7) is 0.499. The fourth-order valence-corrected chi connectivity index (χ4v) is 3.40. The molecule has 1 aliphatic heterocycles. The van der Waals surface area contributed by atoms with E-state index in [9.17, 15) is 9.18 Å². The maximum Gasteiger partial charge on any atom is 0.234 e. The highest BCUT2D eigenvalue weighted by atomic mass is 32.2. The Kier molecular flexibility index (Phi) is 3.69. The molecule has 1 fully saturated rings. The van der Waals surface area contributed by atoms with Gasteiger partial charge in [-0.05, 0) is 35.4 Å². The number of halogens is 1. The number of carbonyl (C=O) groups excluding carboxylic acids is 1. The minimum atomic E-state index is -0.262. The monoisotopic (exact) mass is 288 g/mol. The Labute approximate surface area is 120 Å². The van der Waals surface area contributed by atoms with E-state index in [1.807, 2.05) is 17.0 Å². The van der Waals surface area contributed by atoms with Crippen molar-refractivity contribution in [3.8, 4) is 0 Å². The molecule has 2 heterocycles. The first-order valence-corrected chi connectivity index (χ1v) is 7.34. The number of aromatic nitrogens is 1. The van der Waals surface area contributed by atoms with Gasteiger partial charge in [0.25, 0.3) is 0 Å². The molecule has 0 N–H and O–H groups in total. The number of hydrogen-bond donors (Lipinski definition) is 0. The number of rotatable bonds is 3. The first-order valence-electron chi connectivity index (χ1n) is 6.29. The van der Waals surface area contributed by atoms with Gasteiger partial charge in [0.05, 0.1) is 5.75 Å². The Balaban J connectivity index is 1.82. The third kappa shape index (κ3) is 2.67. The second kappa shape index (κ2) is 5.63. The first-order chi connectivity index (χ1) is 9.74. The van der Waals surface area contributed by atoms with Crippen LogP contribution >= 0.6 is 11.8 Å². The van der Waals surface area contributed by atoms with Gasteiger partial charge < -0.3 is 4.90 Å². The minimum Gasteiger partial charge on any atom is -0.322 e. The summed E-state index contributed by atoms with van der Waals surface area (Å²) < 4.78 is 12.9. The number of nitrogens with zero attached hydrogens (tertiary/aromatic N) is 2. The molecular formula is C15H13FN2OS. The van der Waals surface area contributed by atoms with E-state index in [0.717, 1.165) is 11.1 Å². The molecule has 1 aliphatic rings. The zero-order valence-corrected chi connectivity index (χ0v) is 11.5. The van der Waals surface area contributed by atoms with Crippen molar-refractivity contribution in [2.45, 2.75) is 11.9 Å². The molecule has 3 nitrogen and oxygen atoms in total. The van der Waals surface area contributed by atoms with Crippen LogP contribution < -0.4 is 0 Å². The molecule has 1 aromatic heterocycles. The first kappa shape index (κ1) is 13.1. The quantitative estimate of drug-likeness (QED) is 0.870. The third-order valence-electron chi connectivity index (χ3n) is 3.23. The van der Waals surface area contributed by atoms with Gasteiger partial charge in [0.2, 0.25) is 5.91 Å². The molecule has 1 aromatic carbocycles. The highest BCUT2D eigenvalue weighted by molar-refractivity contribution is 8.00. The Bertz CT molecular complexity index is 603.